The van der Waals surface area contributed by atoms with E-state index in [1.165, 1.54) is 84.7 Å². The maximum atomic E-state index is 10.7. The smallest absolute Gasteiger partial charge is 0.115 e. The highest BCUT2D eigenvalue weighted by Crippen LogP contribution is 2.49. The molecule has 2 N–H and O–H groups in total. The first-order valence-electron chi connectivity index (χ1n) is 16.7. The van der Waals surface area contributed by atoms with Crippen LogP contribution in [-0.2, 0) is 6.42 Å². The average molecular weight is 573 g/mol. The number of aromatic hydroxyl groups is 2. The van der Waals surface area contributed by atoms with E-state index in [1.807, 2.05) is 12.1 Å². The highest BCUT2D eigenvalue weighted by Gasteiger charge is 2.35. The van der Waals surface area contributed by atoms with Gasteiger partial charge in [-0.1, -0.05) is 112 Å². The Balaban J connectivity index is 1.35. The van der Waals surface area contributed by atoms with Crippen molar-refractivity contribution < 1.29 is 10.2 Å². The molecule has 0 spiro atoms. The Morgan fingerprint density at radius 3 is 1.35 bits per heavy atom. The molecule has 0 bridgehead atoms. The average Bonchev–Trinajstić information content (AvgIpc) is 3.06. The molecular formula is C41H48O2. The molecule has 2 saturated carbocycles. The summed E-state index contributed by atoms with van der Waals surface area (Å²) in [6.45, 7) is 4.80. The third kappa shape index (κ3) is 6.54. The van der Waals surface area contributed by atoms with Gasteiger partial charge in [0.25, 0.3) is 0 Å². The zero-order valence-corrected chi connectivity index (χ0v) is 26.0. The number of phenolic OH excluding ortho intramolecular Hbond substituents is 2. The molecule has 2 fully saturated rings. The molecule has 2 nitrogen and oxygen atoms in total. The third-order valence-electron chi connectivity index (χ3n) is 11.0. The van der Waals surface area contributed by atoms with Crippen molar-refractivity contribution in [1.29, 1.82) is 0 Å². The number of hydrogen-bond acceptors (Lipinski definition) is 2. The lowest BCUT2D eigenvalue weighted by Crippen LogP contribution is -2.25. The van der Waals surface area contributed by atoms with Crippen molar-refractivity contribution in [2.24, 2.45) is 11.8 Å². The van der Waals surface area contributed by atoms with Crippen LogP contribution in [0.2, 0.25) is 0 Å². The summed E-state index contributed by atoms with van der Waals surface area (Å²) in [6, 6.07) is 34.2. The Morgan fingerprint density at radius 1 is 0.535 bits per heavy atom. The van der Waals surface area contributed by atoms with Gasteiger partial charge >= 0.3 is 0 Å². The van der Waals surface area contributed by atoms with Crippen LogP contribution >= 0.6 is 0 Å². The van der Waals surface area contributed by atoms with Gasteiger partial charge in [-0.05, 0) is 125 Å². The molecule has 0 aliphatic heterocycles. The molecule has 0 amide bonds. The predicted molar refractivity (Wildman–Crippen MR) is 178 cm³/mol. The molecule has 6 rings (SSSR count). The van der Waals surface area contributed by atoms with E-state index in [4.69, 9.17) is 0 Å². The fourth-order valence-corrected chi connectivity index (χ4v) is 8.68. The van der Waals surface area contributed by atoms with Crippen molar-refractivity contribution in [2.75, 3.05) is 0 Å². The van der Waals surface area contributed by atoms with Crippen LogP contribution in [0, 0.1) is 11.8 Å². The summed E-state index contributed by atoms with van der Waals surface area (Å²) >= 11 is 0. The summed E-state index contributed by atoms with van der Waals surface area (Å²) < 4.78 is 0. The second kappa shape index (κ2) is 13.4. The number of rotatable bonds is 8. The van der Waals surface area contributed by atoms with Crippen molar-refractivity contribution in [3.63, 3.8) is 0 Å². The first-order chi connectivity index (χ1) is 21.0. The number of hydrogen-bond donors (Lipinski definition) is 2. The van der Waals surface area contributed by atoms with Gasteiger partial charge in [-0.2, -0.15) is 0 Å². The molecule has 6 unspecified atom stereocenters. The quantitative estimate of drug-likeness (QED) is 0.220. The molecule has 2 aliphatic rings. The van der Waals surface area contributed by atoms with Crippen LogP contribution in [0.5, 0.6) is 11.5 Å². The van der Waals surface area contributed by atoms with Crippen molar-refractivity contribution in [2.45, 2.75) is 95.3 Å². The van der Waals surface area contributed by atoms with E-state index in [-0.39, 0.29) is 0 Å². The van der Waals surface area contributed by atoms with Crippen LogP contribution in [0.25, 0.3) is 0 Å². The standard InChI is InChI=1S/C41H48O2/c1-28(30-13-5-3-6-14-30)36-17-9-11-19-38(36)40-26-34(42)23-21-32(40)25-33-22-24-35(43)27-41(33)39-20-12-10-18-37(39)29(2)31-15-7-4-8-16-31/h3-8,13-16,21-24,26-29,36-39,42-43H,9-12,17-20,25H2,1-2H3. The second-order valence-corrected chi connectivity index (χ2v) is 13.5. The Hall–Kier alpha value is -3.52. The molecule has 4 aromatic carbocycles. The lowest BCUT2D eigenvalue weighted by atomic mass is 9.66. The van der Waals surface area contributed by atoms with E-state index in [1.54, 1.807) is 0 Å². The van der Waals surface area contributed by atoms with E-state index >= 15 is 0 Å². The van der Waals surface area contributed by atoms with E-state index in [2.05, 4.69) is 98.8 Å². The van der Waals surface area contributed by atoms with Crippen LogP contribution in [0.1, 0.15) is 122 Å². The molecule has 43 heavy (non-hydrogen) atoms. The maximum absolute atomic E-state index is 10.7. The van der Waals surface area contributed by atoms with Crippen molar-refractivity contribution in [3.8, 4) is 11.5 Å². The fourth-order valence-electron chi connectivity index (χ4n) is 8.68. The summed E-state index contributed by atoms with van der Waals surface area (Å²) in [5.41, 5.74) is 8.13. The lowest BCUT2D eigenvalue weighted by Gasteiger charge is -2.38. The first-order valence-corrected chi connectivity index (χ1v) is 16.7. The third-order valence-corrected chi connectivity index (χ3v) is 11.0. The summed E-state index contributed by atoms with van der Waals surface area (Å²) in [6.07, 6.45) is 10.6. The molecule has 2 aliphatic carbocycles. The molecule has 224 valence electrons. The summed E-state index contributed by atoms with van der Waals surface area (Å²) in [7, 11) is 0. The number of phenols is 2. The highest BCUT2D eigenvalue weighted by atomic mass is 16.3. The van der Waals surface area contributed by atoms with Crippen molar-refractivity contribution in [3.05, 3.63) is 130 Å². The normalized spacial score (nSPS) is 23.9. The summed E-state index contributed by atoms with van der Waals surface area (Å²) in [5, 5.41) is 21.5. The van der Waals surface area contributed by atoms with E-state index in [0.29, 0.717) is 47.0 Å². The maximum Gasteiger partial charge on any atom is 0.115 e. The van der Waals surface area contributed by atoms with Gasteiger partial charge in [-0.3, -0.25) is 0 Å². The fraction of sp³-hybridized carbons (Fsp3) is 0.415. The van der Waals surface area contributed by atoms with E-state index < -0.39 is 0 Å². The molecule has 6 atom stereocenters. The Labute approximate surface area is 258 Å². The van der Waals surface area contributed by atoms with Crippen LogP contribution in [0.3, 0.4) is 0 Å². The van der Waals surface area contributed by atoms with Gasteiger partial charge in [0.1, 0.15) is 11.5 Å². The topological polar surface area (TPSA) is 40.5 Å². The Kier molecular flexibility index (Phi) is 9.22. The molecule has 0 heterocycles. The van der Waals surface area contributed by atoms with Gasteiger partial charge < -0.3 is 10.2 Å². The van der Waals surface area contributed by atoms with Gasteiger partial charge in [-0.15, -0.1) is 0 Å². The van der Waals surface area contributed by atoms with Crippen LogP contribution in [0.15, 0.2) is 97.1 Å². The van der Waals surface area contributed by atoms with Crippen LogP contribution < -0.4 is 0 Å². The molecular weight excluding hydrogens is 524 g/mol. The van der Waals surface area contributed by atoms with Gasteiger partial charge in [-0.25, -0.2) is 0 Å². The molecule has 0 saturated heterocycles. The summed E-state index contributed by atoms with van der Waals surface area (Å²) in [5.74, 6) is 3.60. The lowest BCUT2D eigenvalue weighted by molar-refractivity contribution is 0.268. The van der Waals surface area contributed by atoms with E-state index in [0.717, 1.165) is 6.42 Å². The minimum absolute atomic E-state index is 0.366. The molecule has 0 radical (unpaired) electrons. The molecule has 2 heteroatoms. The number of benzene rings is 4. The van der Waals surface area contributed by atoms with Gasteiger partial charge in [0.15, 0.2) is 0 Å². The highest BCUT2D eigenvalue weighted by molar-refractivity contribution is 5.46. The van der Waals surface area contributed by atoms with Crippen LogP contribution in [0.4, 0.5) is 0 Å². The van der Waals surface area contributed by atoms with Crippen molar-refractivity contribution >= 4 is 0 Å². The van der Waals surface area contributed by atoms with Gasteiger partial charge in [0.2, 0.25) is 0 Å². The zero-order valence-electron chi connectivity index (χ0n) is 26.0. The zero-order chi connectivity index (χ0) is 29.8. The SMILES string of the molecule is CC(c1ccccc1)C1CCCCC1c1cc(O)ccc1Cc1ccc(O)cc1C1CCCCC1C(C)c1ccccc1. The van der Waals surface area contributed by atoms with Gasteiger partial charge in [0, 0.05) is 0 Å². The monoisotopic (exact) mass is 572 g/mol. The first kappa shape index (κ1) is 29.5. The minimum Gasteiger partial charge on any atom is -0.508 e. The minimum atomic E-state index is 0.366. The molecule has 0 aromatic heterocycles. The molecule has 4 aromatic rings. The Bertz CT molecular complexity index is 1360. The second-order valence-electron chi connectivity index (χ2n) is 13.5. The largest absolute Gasteiger partial charge is 0.508 e. The Morgan fingerprint density at radius 2 is 0.930 bits per heavy atom. The summed E-state index contributed by atoms with van der Waals surface area (Å²) in [4.78, 5) is 0. The van der Waals surface area contributed by atoms with Crippen LogP contribution in [-0.4, -0.2) is 10.2 Å². The predicted octanol–water partition coefficient (Wildman–Crippen LogP) is 10.8. The van der Waals surface area contributed by atoms with Crippen molar-refractivity contribution in [1.82, 2.24) is 0 Å². The van der Waals surface area contributed by atoms with E-state index in [9.17, 15) is 10.2 Å². The van der Waals surface area contributed by atoms with Gasteiger partial charge in [0.05, 0.1) is 0 Å².